The number of carbonyl (C=O) groups excluding carboxylic acids is 1. The molecule has 3 nitrogen and oxygen atoms in total. The molecule has 0 saturated carbocycles. The minimum Gasteiger partial charge on any atom is -0.496 e. The van der Waals surface area contributed by atoms with E-state index in [4.69, 9.17) is 16.3 Å². The van der Waals surface area contributed by atoms with Gasteiger partial charge >= 0.3 is 0 Å². The molecule has 16 heavy (non-hydrogen) atoms. The fourth-order valence-corrected chi connectivity index (χ4v) is 1.67. The third kappa shape index (κ3) is 3.20. The Morgan fingerprint density at radius 3 is 2.62 bits per heavy atom. The van der Waals surface area contributed by atoms with E-state index in [1.165, 1.54) is 13.3 Å². The van der Waals surface area contributed by atoms with Gasteiger partial charge in [0.2, 0.25) is 0 Å². The van der Waals surface area contributed by atoms with E-state index >= 15 is 0 Å². The van der Waals surface area contributed by atoms with Crippen molar-refractivity contribution in [2.24, 2.45) is 5.41 Å². The zero-order chi connectivity index (χ0) is 12.3. The molecule has 0 aliphatic carbocycles. The minimum absolute atomic E-state index is 0.0394. The van der Waals surface area contributed by atoms with Gasteiger partial charge in [0.1, 0.15) is 10.9 Å². The van der Waals surface area contributed by atoms with Crippen molar-refractivity contribution in [2.75, 3.05) is 7.11 Å². The second kappa shape index (κ2) is 4.83. The van der Waals surface area contributed by atoms with Crippen molar-refractivity contribution in [3.63, 3.8) is 0 Å². The van der Waals surface area contributed by atoms with Crippen molar-refractivity contribution >= 4 is 17.4 Å². The molecule has 1 aromatic rings. The van der Waals surface area contributed by atoms with Crippen LogP contribution in [0.15, 0.2) is 12.3 Å². The number of hydrogen-bond acceptors (Lipinski definition) is 3. The summed E-state index contributed by atoms with van der Waals surface area (Å²) in [5, 5.41) is 0.202. The highest BCUT2D eigenvalue weighted by Gasteiger charge is 2.22. The molecule has 0 unspecified atom stereocenters. The fourth-order valence-electron chi connectivity index (χ4n) is 1.41. The lowest BCUT2D eigenvalue weighted by atomic mass is 9.88. The van der Waals surface area contributed by atoms with Gasteiger partial charge in [-0.05, 0) is 11.5 Å². The van der Waals surface area contributed by atoms with Crippen molar-refractivity contribution < 1.29 is 9.53 Å². The van der Waals surface area contributed by atoms with Crippen LogP contribution in [-0.4, -0.2) is 17.9 Å². The van der Waals surface area contributed by atoms with E-state index in [-0.39, 0.29) is 16.4 Å². The topological polar surface area (TPSA) is 39.2 Å². The van der Waals surface area contributed by atoms with Crippen LogP contribution in [0.25, 0.3) is 0 Å². The molecule has 0 fully saturated rings. The van der Waals surface area contributed by atoms with Crippen molar-refractivity contribution in [3.05, 3.63) is 23.0 Å². The van der Waals surface area contributed by atoms with E-state index in [1.54, 1.807) is 6.07 Å². The second-order valence-corrected chi connectivity index (χ2v) is 5.20. The molecule has 0 radical (unpaired) electrons. The monoisotopic (exact) mass is 241 g/mol. The maximum Gasteiger partial charge on any atom is 0.170 e. The Labute approximate surface area is 101 Å². The smallest absolute Gasteiger partial charge is 0.170 e. The summed E-state index contributed by atoms with van der Waals surface area (Å²) in [5.74, 6) is 0.441. The third-order valence-corrected chi connectivity index (χ3v) is 2.34. The Morgan fingerprint density at radius 2 is 2.12 bits per heavy atom. The van der Waals surface area contributed by atoms with Crippen molar-refractivity contribution in [1.82, 2.24) is 4.98 Å². The van der Waals surface area contributed by atoms with Gasteiger partial charge in [0.15, 0.2) is 5.78 Å². The molecule has 4 heteroatoms. The number of nitrogens with zero attached hydrogens (tertiary/aromatic N) is 1. The number of hydrogen-bond donors (Lipinski definition) is 0. The Morgan fingerprint density at radius 1 is 1.50 bits per heavy atom. The first-order valence-electron chi connectivity index (χ1n) is 5.07. The van der Waals surface area contributed by atoms with Crippen LogP contribution in [0.3, 0.4) is 0 Å². The van der Waals surface area contributed by atoms with Crippen LogP contribution in [0.2, 0.25) is 5.15 Å². The Hall–Kier alpha value is -1.09. The number of aromatic nitrogens is 1. The lowest BCUT2D eigenvalue weighted by molar-refractivity contribution is 0.0936. The van der Waals surface area contributed by atoms with Gasteiger partial charge in [-0.25, -0.2) is 4.98 Å². The zero-order valence-corrected chi connectivity index (χ0v) is 10.8. The number of ether oxygens (including phenoxy) is 1. The summed E-state index contributed by atoms with van der Waals surface area (Å²) in [7, 11) is 1.51. The number of carbonyl (C=O) groups is 1. The molecule has 0 saturated heterocycles. The third-order valence-electron chi connectivity index (χ3n) is 2.06. The van der Waals surface area contributed by atoms with Gasteiger partial charge in [-0.1, -0.05) is 32.4 Å². The molecule has 0 aromatic carbocycles. The maximum atomic E-state index is 12.1. The molecule has 1 heterocycles. The molecule has 0 atom stereocenters. The van der Waals surface area contributed by atoms with Crippen LogP contribution in [0.5, 0.6) is 5.75 Å². The fraction of sp³-hybridized carbons (Fsp3) is 0.500. The van der Waals surface area contributed by atoms with Crippen LogP contribution in [0.4, 0.5) is 0 Å². The summed E-state index contributed by atoms with van der Waals surface area (Å²) >= 11 is 5.92. The Bertz CT molecular complexity index is 396. The Balaban J connectivity index is 3.08. The molecule has 1 rings (SSSR count). The van der Waals surface area contributed by atoms with Crippen LogP contribution in [0, 0.1) is 5.41 Å². The van der Waals surface area contributed by atoms with E-state index in [2.05, 4.69) is 4.98 Å². The van der Waals surface area contributed by atoms with Crippen LogP contribution in [0.1, 0.15) is 37.6 Å². The lowest BCUT2D eigenvalue weighted by Crippen LogP contribution is -2.14. The van der Waals surface area contributed by atoms with E-state index in [9.17, 15) is 4.79 Å². The van der Waals surface area contributed by atoms with Crippen molar-refractivity contribution in [1.29, 1.82) is 0 Å². The van der Waals surface area contributed by atoms with Crippen LogP contribution < -0.4 is 4.74 Å². The molecule has 0 aliphatic heterocycles. The van der Waals surface area contributed by atoms with Gasteiger partial charge < -0.3 is 4.74 Å². The average Bonchev–Trinajstić information content (AvgIpc) is 2.14. The highest BCUT2D eigenvalue weighted by atomic mass is 35.5. The summed E-state index contributed by atoms with van der Waals surface area (Å²) in [6.07, 6.45) is 1.93. The number of ketones is 1. The van der Waals surface area contributed by atoms with E-state index in [1.807, 2.05) is 20.8 Å². The quantitative estimate of drug-likeness (QED) is 0.602. The van der Waals surface area contributed by atoms with Gasteiger partial charge in [-0.2, -0.15) is 0 Å². The predicted octanol–water partition coefficient (Wildman–Crippen LogP) is 3.36. The summed E-state index contributed by atoms with van der Waals surface area (Å²) in [5.41, 5.74) is 0.294. The molecular formula is C12H16ClNO2. The van der Waals surface area contributed by atoms with E-state index < -0.39 is 0 Å². The lowest BCUT2D eigenvalue weighted by Gasteiger charge is -2.18. The average molecular weight is 242 g/mol. The first kappa shape index (κ1) is 13.0. The molecular weight excluding hydrogens is 226 g/mol. The summed E-state index contributed by atoms with van der Waals surface area (Å²) in [4.78, 5) is 16.0. The number of rotatable bonds is 3. The molecule has 0 N–H and O–H groups in total. The first-order chi connectivity index (χ1) is 7.35. The first-order valence-corrected chi connectivity index (χ1v) is 5.44. The standard InChI is InChI=1S/C12H16ClNO2/c1-12(2,3)7-8(15)10-9(16-4)5-6-14-11(10)13/h5-6H,7H2,1-4H3. The molecule has 0 spiro atoms. The van der Waals surface area contributed by atoms with Crippen molar-refractivity contribution in [2.45, 2.75) is 27.2 Å². The van der Waals surface area contributed by atoms with Gasteiger partial charge in [-0.3, -0.25) is 4.79 Å². The summed E-state index contributed by atoms with van der Waals surface area (Å²) < 4.78 is 5.12. The number of halogens is 1. The minimum atomic E-state index is -0.0821. The summed E-state index contributed by atoms with van der Waals surface area (Å²) in [6, 6.07) is 1.64. The molecule has 1 aromatic heterocycles. The second-order valence-electron chi connectivity index (χ2n) is 4.84. The van der Waals surface area contributed by atoms with Crippen LogP contribution >= 0.6 is 11.6 Å². The maximum absolute atomic E-state index is 12.1. The van der Waals surface area contributed by atoms with E-state index in [0.717, 1.165) is 0 Å². The zero-order valence-electron chi connectivity index (χ0n) is 10.0. The van der Waals surface area contributed by atoms with Gasteiger partial charge in [0.25, 0.3) is 0 Å². The predicted molar refractivity (Wildman–Crippen MR) is 64.2 cm³/mol. The SMILES string of the molecule is COc1ccnc(Cl)c1C(=O)CC(C)(C)C. The summed E-state index contributed by atoms with van der Waals surface area (Å²) in [6.45, 7) is 6.00. The highest BCUT2D eigenvalue weighted by Crippen LogP contribution is 2.29. The number of methoxy groups -OCH3 is 1. The molecule has 0 amide bonds. The number of Topliss-reactive ketones (excluding diaryl/α,β-unsaturated/α-hetero) is 1. The molecule has 88 valence electrons. The van der Waals surface area contributed by atoms with Crippen LogP contribution in [-0.2, 0) is 0 Å². The highest BCUT2D eigenvalue weighted by molar-refractivity contribution is 6.33. The Kier molecular flexibility index (Phi) is 3.92. The largest absolute Gasteiger partial charge is 0.496 e. The normalized spacial score (nSPS) is 11.3. The van der Waals surface area contributed by atoms with Gasteiger partial charge in [0, 0.05) is 12.6 Å². The molecule has 0 bridgehead atoms. The van der Waals surface area contributed by atoms with Crippen molar-refractivity contribution in [3.8, 4) is 5.75 Å². The van der Waals surface area contributed by atoms with Gasteiger partial charge in [0.05, 0.1) is 12.7 Å². The number of pyridine rings is 1. The van der Waals surface area contributed by atoms with Gasteiger partial charge in [-0.15, -0.1) is 0 Å². The van der Waals surface area contributed by atoms with E-state index in [0.29, 0.717) is 17.7 Å². The molecule has 0 aliphatic rings.